The average molecular weight is 429 g/mol. The molecule has 0 saturated heterocycles. The van der Waals surface area contributed by atoms with Crippen LogP contribution in [-0.2, 0) is 0 Å². The third-order valence-electron chi connectivity index (χ3n) is 5.30. The Labute approximate surface area is 185 Å². The molecule has 5 rings (SSSR count). The van der Waals surface area contributed by atoms with E-state index in [4.69, 9.17) is 14.5 Å². The summed E-state index contributed by atoms with van der Waals surface area (Å²) in [6.45, 7) is 7.04. The molecule has 0 aliphatic carbocycles. The molecule has 1 amide bonds. The van der Waals surface area contributed by atoms with Crippen molar-refractivity contribution in [2.24, 2.45) is 0 Å². The zero-order valence-corrected chi connectivity index (χ0v) is 18.1. The van der Waals surface area contributed by atoms with Gasteiger partial charge in [-0.25, -0.2) is 14.6 Å². The number of carbonyl (C=O) groups excluding carboxylic acids is 1. The number of aryl methyl sites for hydroxylation is 1. The fourth-order valence-corrected chi connectivity index (χ4v) is 3.72. The molecule has 3 aromatic heterocycles. The molecule has 0 radical (unpaired) electrons. The summed E-state index contributed by atoms with van der Waals surface area (Å²) in [6, 6.07) is 11.3. The fraction of sp³-hybridized carbons (Fsp3) is 0.250. The smallest absolute Gasteiger partial charge is 0.257 e. The summed E-state index contributed by atoms with van der Waals surface area (Å²) in [5, 5.41) is 8.06. The third-order valence-corrected chi connectivity index (χ3v) is 5.30. The minimum atomic E-state index is -0.266. The van der Waals surface area contributed by atoms with Crippen LogP contribution in [0.3, 0.4) is 0 Å². The van der Waals surface area contributed by atoms with Gasteiger partial charge in [-0.05, 0) is 62.7 Å². The third kappa shape index (κ3) is 3.64. The van der Waals surface area contributed by atoms with Crippen molar-refractivity contribution >= 4 is 22.8 Å². The lowest BCUT2D eigenvalue weighted by atomic mass is 10.1. The SMILES string of the molecule is Cc1ccnc(NC(=O)c2cc(-c3ccc4c(c3)OCCO4)nc3c2cnn3C(C)C)c1. The molecule has 32 heavy (non-hydrogen) atoms. The van der Waals surface area contributed by atoms with Gasteiger partial charge < -0.3 is 14.8 Å². The van der Waals surface area contributed by atoms with Crippen LogP contribution in [0.2, 0.25) is 0 Å². The van der Waals surface area contributed by atoms with Crippen LogP contribution in [0, 0.1) is 6.92 Å². The Morgan fingerprint density at radius 3 is 2.69 bits per heavy atom. The van der Waals surface area contributed by atoms with Crippen molar-refractivity contribution < 1.29 is 14.3 Å². The normalized spacial score (nSPS) is 12.9. The average Bonchev–Trinajstić information content (AvgIpc) is 3.22. The van der Waals surface area contributed by atoms with Gasteiger partial charge in [0, 0.05) is 17.8 Å². The van der Waals surface area contributed by atoms with Crippen LogP contribution >= 0.6 is 0 Å². The molecule has 1 aromatic carbocycles. The van der Waals surface area contributed by atoms with Crippen LogP contribution in [0.5, 0.6) is 11.5 Å². The highest BCUT2D eigenvalue weighted by Crippen LogP contribution is 2.35. The molecule has 4 heterocycles. The zero-order chi connectivity index (χ0) is 22.2. The molecule has 0 unspecified atom stereocenters. The molecule has 1 N–H and O–H groups in total. The molecule has 8 heteroatoms. The maximum absolute atomic E-state index is 13.3. The number of fused-ring (bicyclic) bond motifs is 2. The molecule has 162 valence electrons. The summed E-state index contributed by atoms with van der Waals surface area (Å²) in [5.41, 5.74) is 3.62. The van der Waals surface area contributed by atoms with Crippen LogP contribution in [0.4, 0.5) is 5.82 Å². The number of benzene rings is 1. The number of pyridine rings is 2. The lowest BCUT2D eigenvalue weighted by molar-refractivity contribution is 0.102. The largest absolute Gasteiger partial charge is 0.486 e. The van der Waals surface area contributed by atoms with Crippen molar-refractivity contribution in [2.75, 3.05) is 18.5 Å². The topological polar surface area (TPSA) is 91.2 Å². The lowest BCUT2D eigenvalue weighted by Crippen LogP contribution is -2.15. The number of hydrogen-bond acceptors (Lipinski definition) is 6. The number of rotatable bonds is 4. The van der Waals surface area contributed by atoms with Gasteiger partial charge in [0.05, 0.1) is 22.8 Å². The van der Waals surface area contributed by atoms with Gasteiger partial charge >= 0.3 is 0 Å². The molecule has 0 bridgehead atoms. The van der Waals surface area contributed by atoms with Crippen molar-refractivity contribution in [3.8, 4) is 22.8 Å². The van der Waals surface area contributed by atoms with Crippen LogP contribution in [0.25, 0.3) is 22.3 Å². The second kappa shape index (κ2) is 7.96. The van der Waals surface area contributed by atoms with Gasteiger partial charge in [0.25, 0.3) is 5.91 Å². The standard InChI is InChI=1S/C24H23N5O3/c1-14(2)29-23-18(13-26-29)17(24(30)28-22-10-15(3)6-7-25-22)12-19(27-23)16-4-5-20-21(11-16)32-9-8-31-20/h4-7,10-14H,8-9H2,1-3H3,(H,25,28,30). The first-order valence-electron chi connectivity index (χ1n) is 10.5. The van der Waals surface area contributed by atoms with Gasteiger partial charge in [0.2, 0.25) is 0 Å². The summed E-state index contributed by atoms with van der Waals surface area (Å²) >= 11 is 0. The molecule has 0 saturated carbocycles. The number of carbonyl (C=O) groups is 1. The zero-order valence-electron chi connectivity index (χ0n) is 18.1. The van der Waals surface area contributed by atoms with E-state index < -0.39 is 0 Å². The quantitative estimate of drug-likeness (QED) is 0.517. The Morgan fingerprint density at radius 1 is 1.09 bits per heavy atom. The first-order chi connectivity index (χ1) is 15.5. The molecule has 0 fully saturated rings. The van der Waals surface area contributed by atoms with Crippen molar-refractivity contribution in [3.63, 3.8) is 0 Å². The van der Waals surface area contributed by atoms with Gasteiger partial charge in [0.1, 0.15) is 19.0 Å². The highest BCUT2D eigenvalue weighted by atomic mass is 16.6. The van der Waals surface area contributed by atoms with E-state index >= 15 is 0 Å². The van der Waals surface area contributed by atoms with Gasteiger partial charge in [-0.1, -0.05) is 0 Å². The highest BCUT2D eigenvalue weighted by Gasteiger charge is 2.20. The Morgan fingerprint density at radius 2 is 1.91 bits per heavy atom. The predicted molar refractivity (Wildman–Crippen MR) is 121 cm³/mol. The first kappa shape index (κ1) is 20.0. The molecule has 0 spiro atoms. The molecule has 4 aromatic rings. The number of nitrogens with zero attached hydrogens (tertiary/aromatic N) is 4. The van der Waals surface area contributed by atoms with Crippen LogP contribution in [-0.4, -0.2) is 38.9 Å². The van der Waals surface area contributed by atoms with Gasteiger partial charge in [0.15, 0.2) is 17.1 Å². The molecular weight excluding hydrogens is 406 g/mol. The second-order valence-corrected chi connectivity index (χ2v) is 8.01. The fourth-order valence-electron chi connectivity index (χ4n) is 3.72. The summed E-state index contributed by atoms with van der Waals surface area (Å²) in [6.07, 6.45) is 3.36. The van der Waals surface area contributed by atoms with Crippen molar-refractivity contribution in [3.05, 3.63) is 59.9 Å². The monoisotopic (exact) mass is 429 g/mol. The van der Waals surface area contributed by atoms with E-state index in [0.29, 0.717) is 52.8 Å². The van der Waals surface area contributed by atoms with E-state index in [0.717, 1.165) is 11.1 Å². The summed E-state index contributed by atoms with van der Waals surface area (Å²) in [4.78, 5) is 22.4. The number of aromatic nitrogens is 4. The summed E-state index contributed by atoms with van der Waals surface area (Å²) in [7, 11) is 0. The van der Waals surface area contributed by atoms with E-state index in [1.165, 1.54) is 0 Å². The Balaban J connectivity index is 1.63. The minimum absolute atomic E-state index is 0.0878. The van der Waals surface area contributed by atoms with Crippen molar-refractivity contribution in [2.45, 2.75) is 26.8 Å². The number of nitrogens with one attached hydrogen (secondary N) is 1. The van der Waals surface area contributed by atoms with Gasteiger partial charge in [-0.15, -0.1) is 0 Å². The second-order valence-electron chi connectivity index (χ2n) is 8.01. The Bertz CT molecular complexity index is 1330. The molecule has 1 aliphatic rings. The van der Waals surface area contributed by atoms with Gasteiger partial charge in [-0.2, -0.15) is 5.10 Å². The number of anilines is 1. The summed E-state index contributed by atoms with van der Waals surface area (Å²) in [5.74, 6) is 1.61. The van der Waals surface area contributed by atoms with Crippen molar-refractivity contribution in [1.82, 2.24) is 19.7 Å². The van der Waals surface area contributed by atoms with Crippen LogP contribution in [0.1, 0.15) is 35.8 Å². The number of amides is 1. The van der Waals surface area contributed by atoms with E-state index in [1.54, 1.807) is 18.5 Å². The maximum Gasteiger partial charge on any atom is 0.257 e. The van der Waals surface area contributed by atoms with E-state index in [9.17, 15) is 4.79 Å². The lowest BCUT2D eigenvalue weighted by Gasteiger charge is -2.19. The number of hydrogen-bond donors (Lipinski definition) is 1. The molecule has 8 nitrogen and oxygen atoms in total. The Hall–Kier alpha value is -3.94. The maximum atomic E-state index is 13.3. The van der Waals surface area contributed by atoms with E-state index in [1.807, 2.05) is 55.8 Å². The predicted octanol–water partition coefficient (Wildman–Crippen LogP) is 4.41. The van der Waals surface area contributed by atoms with Crippen molar-refractivity contribution in [1.29, 1.82) is 0 Å². The molecule has 0 atom stereocenters. The van der Waals surface area contributed by atoms with Crippen LogP contribution < -0.4 is 14.8 Å². The number of ether oxygens (including phenoxy) is 2. The van der Waals surface area contributed by atoms with E-state index in [2.05, 4.69) is 15.4 Å². The van der Waals surface area contributed by atoms with E-state index in [-0.39, 0.29) is 11.9 Å². The summed E-state index contributed by atoms with van der Waals surface area (Å²) < 4.78 is 13.2. The minimum Gasteiger partial charge on any atom is -0.486 e. The molecular formula is C24H23N5O3. The first-order valence-corrected chi connectivity index (χ1v) is 10.5. The molecule has 1 aliphatic heterocycles. The van der Waals surface area contributed by atoms with Gasteiger partial charge in [-0.3, -0.25) is 4.79 Å². The van der Waals surface area contributed by atoms with Crippen LogP contribution in [0.15, 0.2) is 48.8 Å². The highest BCUT2D eigenvalue weighted by molar-refractivity contribution is 6.12. The Kier molecular flexibility index (Phi) is 4.97.